The van der Waals surface area contributed by atoms with Crippen molar-refractivity contribution in [2.24, 2.45) is 0 Å². The maximum atomic E-state index is 13.1. The highest BCUT2D eigenvalue weighted by Gasteiger charge is 2.27. The van der Waals surface area contributed by atoms with E-state index in [2.05, 4.69) is 10.3 Å². The van der Waals surface area contributed by atoms with E-state index in [1.54, 1.807) is 42.7 Å². The fourth-order valence-electron chi connectivity index (χ4n) is 3.23. The molecule has 0 unspecified atom stereocenters. The Hall–Kier alpha value is -1.93. The van der Waals surface area contributed by atoms with E-state index in [0.717, 1.165) is 37.7 Å². The zero-order valence-corrected chi connectivity index (χ0v) is 15.8. The lowest BCUT2D eigenvalue weighted by Gasteiger charge is -2.09. The molecule has 3 heterocycles. The van der Waals surface area contributed by atoms with Crippen LogP contribution in [0.2, 0.25) is 5.02 Å². The number of fused-ring (bicyclic) bond motifs is 1. The molecule has 0 spiro atoms. The first kappa shape index (κ1) is 18.8. The van der Waals surface area contributed by atoms with E-state index in [-0.39, 0.29) is 15.8 Å². The molecular formula is C18H20ClN3O3S. The number of aliphatic hydroxyl groups is 1. The summed E-state index contributed by atoms with van der Waals surface area (Å²) in [7, 11) is -2.78. The molecule has 0 amide bonds. The van der Waals surface area contributed by atoms with Gasteiger partial charge in [-0.15, -0.1) is 0 Å². The van der Waals surface area contributed by atoms with Crippen LogP contribution in [-0.2, 0) is 10.0 Å². The lowest BCUT2D eigenvalue weighted by atomic mass is 10.0. The molecule has 2 N–H and O–H groups in total. The van der Waals surface area contributed by atoms with Crippen molar-refractivity contribution in [2.75, 3.05) is 20.2 Å². The second kappa shape index (κ2) is 7.75. The van der Waals surface area contributed by atoms with Gasteiger partial charge in [-0.25, -0.2) is 12.4 Å². The summed E-state index contributed by atoms with van der Waals surface area (Å²) >= 11 is 6.13. The van der Waals surface area contributed by atoms with Gasteiger partial charge >= 0.3 is 0 Å². The number of nitrogens with one attached hydrogen (secondary N) is 1. The second-order valence-corrected chi connectivity index (χ2v) is 8.07. The largest absolute Gasteiger partial charge is 0.400 e. The fraction of sp³-hybridized carbons (Fsp3) is 0.278. The summed E-state index contributed by atoms with van der Waals surface area (Å²) in [6, 6.07) is 10.0. The fourth-order valence-corrected chi connectivity index (χ4v) is 5.10. The van der Waals surface area contributed by atoms with Crippen molar-refractivity contribution in [3.05, 3.63) is 59.4 Å². The summed E-state index contributed by atoms with van der Waals surface area (Å²) in [6.07, 6.45) is 4.37. The first-order valence-electron chi connectivity index (χ1n) is 8.20. The number of aliphatic hydroxyl groups excluding tert-OH is 1. The second-order valence-electron chi connectivity index (χ2n) is 5.88. The smallest absolute Gasteiger partial charge is 0.269 e. The van der Waals surface area contributed by atoms with Crippen LogP contribution in [0.25, 0.3) is 11.0 Å². The van der Waals surface area contributed by atoms with Crippen LogP contribution in [0.15, 0.2) is 53.7 Å². The molecule has 4 rings (SSSR count). The zero-order valence-electron chi connectivity index (χ0n) is 14.3. The molecule has 8 heteroatoms. The number of pyridine rings is 1. The molecule has 1 fully saturated rings. The molecule has 1 aliphatic heterocycles. The maximum Gasteiger partial charge on any atom is 0.269 e. The molecule has 26 heavy (non-hydrogen) atoms. The van der Waals surface area contributed by atoms with Crippen LogP contribution >= 0.6 is 11.6 Å². The Kier molecular flexibility index (Phi) is 5.62. The molecule has 0 aliphatic carbocycles. The standard InChI is InChI=1S/C17H16ClN3O2S.CH4O/c18-14-4-1-2-6-16(14)24(22,23)21-11-13(12-7-9-19-10-12)17-15(21)5-3-8-20-17;1-2/h1-6,8,11-12,19H,7,9-10H2;2H,1H3/t12-;/m0./s1. The van der Waals surface area contributed by atoms with Gasteiger partial charge in [-0.05, 0) is 37.2 Å². The maximum absolute atomic E-state index is 13.1. The predicted octanol–water partition coefficient (Wildman–Crippen LogP) is 2.61. The average molecular weight is 394 g/mol. The van der Waals surface area contributed by atoms with Crippen LogP contribution in [0.5, 0.6) is 0 Å². The summed E-state index contributed by atoms with van der Waals surface area (Å²) in [5.74, 6) is 0.269. The highest BCUT2D eigenvalue weighted by molar-refractivity contribution is 7.90. The molecule has 138 valence electrons. The third-order valence-corrected chi connectivity index (χ3v) is 6.60. The van der Waals surface area contributed by atoms with Crippen LogP contribution in [0.3, 0.4) is 0 Å². The average Bonchev–Trinajstić information content (AvgIpc) is 3.31. The van der Waals surface area contributed by atoms with Crippen LogP contribution in [0.1, 0.15) is 17.9 Å². The molecule has 0 saturated carbocycles. The summed E-state index contributed by atoms with van der Waals surface area (Å²) in [5, 5.41) is 10.5. The van der Waals surface area contributed by atoms with Gasteiger partial charge in [-0.1, -0.05) is 23.7 Å². The number of aromatic nitrogens is 2. The van der Waals surface area contributed by atoms with Gasteiger partial charge in [0.25, 0.3) is 10.0 Å². The topological polar surface area (TPSA) is 84.2 Å². The minimum Gasteiger partial charge on any atom is -0.400 e. The molecule has 2 aromatic heterocycles. The number of hydrogen-bond acceptors (Lipinski definition) is 5. The lowest BCUT2D eigenvalue weighted by Crippen LogP contribution is -2.12. The van der Waals surface area contributed by atoms with Gasteiger partial charge in [0.2, 0.25) is 0 Å². The SMILES string of the molecule is CO.O=S(=O)(c1ccccc1Cl)n1cc([C@H]2CCNC2)c2ncccc21. The number of rotatable bonds is 3. The lowest BCUT2D eigenvalue weighted by molar-refractivity contribution is 0.399. The first-order valence-corrected chi connectivity index (χ1v) is 10.0. The third-order valence-electron chi connectivity index (χ3n) is 4.43. The van der Waals surface area contributed by atoms with E-state index in [9.17, 15) is 8.42 Å². The third kappa shape index (κ3) is 3.23. The minimum atomic E-state index is -3.78. The van der Waals surface area contributed by atoms with E-state index < -0.39 is 10.0 Å². The van der Waals surface area contributed by atoms with Gasteiger partial charge in [0.1, 0.15) is 4.90 Å². The Balaban J connectivity index is 0.000000948. The van der Waals surface area contributed by atoms with Crippen molar-refractivity contribution in [3.63, 3.8) is 0 Å². The molecule has 3 aromatic rings. The van der Waals surface area contributed by atoms with Crippen LogP contribution in [0.4, 0.5) is 0 Å². The van der Waals surface area contributed by atoms with Gasteiger partial charge in [0, 0.05) is 37.5 Å². The zero-order chi connectivity index (χ0) is 18.7. The predicted molar refractivity (Wildman–Crippen MR) is 102 cm³/mol. The Morgan fingerprint density at radius 3 is 2.69 bits per heavy atom. The van der Waals surface area contributed by atoms with Gasteiger partial charge in [0.05, 0.1) is 16.1 Å². The molecule has 6 nitrogen and oxygen atoms in total. The molecule has 1 aliphatic rings. The molecule has 0 radical (unpaired) electrons. The number of benzene rings is 1. The highest BCUT2D eigenvalue weighted by atomic mass is 35.5. The normalized spacial score (nSPS) is 17.1. The van der Waals surface area contributed by atoms with Gasteiger partial charge in [0.15, 0.2) is 0 Å². The van der Waals surface area contributed by atoms with Crippen molar-refractivity contribution in [1.29, 1.82) is 0 Å². The Labute approximate surface area is 157 Å². The van der Waals surface area contributed by atoms with Gasteiger partial charge in [-0.2, -0.15) is 0 Å². The van der Waals surface area contributed by atoms with Crippen molar-refractivity contribution in [2.45, 2.75) is 17.2 Å². The van der Waals surface area contributed by atoms with E-state index >= 15 is 0 Å². The van der Waals surface area contributed by atoms with Crippen LogP contribution in [0, 0.1) is 0 Å². The van der Waals surface area contributed by atoms with Crippen LogP contribution < -0.4 is 5.32 Å². The summed E-state index contributed by atoms with van der Waals surface area (Å²) < 4.78 is 27.6. The number of hydrogen-bond donors (Lipinski definition) is 2. The Morgan fingerprint density at radius 1 is 1.23 bits per heavy atom. The van der Waals surface area contributed by atoms with Crippen LogP contribution in [-0.4, -0.2) is 42.7 Å². The number of nitrogens with zero attached hydrogens (tertiary/aromatic N) is 2. The first-order chi connectivity index (χ1) is 12.6. The quantitative estimate of drug-likeness (QED) is 0.714. The van der Waals surface area contributed by atoms with E-state index in [0.29, 0.717) is 5.52 Å². The molecule has 1 atom stereocenters. The molecule has 0 bridgehead atoms. The molecular weight excluding hydrogens is 374 g/mol. The van der Waals surface area contributed by atoms with E-state index in [4.69, 9.17) is 16.7 Å². The monoisotopic (exact) mass is 393 g/mol. The highest BCUT2D eigenvalue weighted by Crippen LogP contribution is 2.33. The van der Waals surface area contributed by atoms with E-state index in [1.807, 2.05) is 0 Å². The van der Waals surface area contributed by atoms with Crippen molar-refractivity contribution < 1.29 is 13.5 Å². The summed E-state index contributed by atoms with van der Waals surface area (Å²) in [4.78, 5) is 4.53. The summed E-state index contributed by atoms with van der Waals surface area (Å²) in [5.41, 5.74) is 2.28. The minimum absolute atomic E-state index is 0.100. The Morgan fingerprint density at radius 2 is 2.00 bits per heavy atom. The van der Waals surface area contributed by atoms with Crippen molar-refractivity contribution >= 4 is 32.7 Å². The Bertz CT molecular complexity index is 1010. The van der Waals surface area contributed by atoms with Crippen molar-refractivity contribution in [3.8, 4) is 0 Å². The number of halogens is 1. The molecule has 1 saturated heterocycles. The molecule has 1 aromatic carbocycles. The van der Waals surface area contributed by atoms with Gasteiger partial charge < -0.3 is 10.4 Å². The summed E-state index contributed by atoms with van der Waals surface area (Å²) in [6.45, 7) is 1.77. The van der Waals surface area contributed by atoms with Crippen molar-refractivity contribution in [1.82, 2.24) is 14.3 Å². The van der Waals surface area contributed by atoms with E-state index in [1.165, 1.54) is 10.0 Å². The van der Waals surface area contributed by atoms with Gasteiger partial charge in [-0.3, -0.25) is 4.98 Å².